The number of halogens is 1. The molecular weight excluding hydrogens is 450 g/mol. The van der Waals surface area contributed by atoms with Crippen LogP contribution in [0.25, 0.3) is 11.3 Å². The number of nitrogens with zero attached hydrogens (tertiary/aromatic N) is 2. The van der Waals surface area contributed by atoms with Gasteiger partial charge < -0.3 is 14.7 Å². The fourth-order valence-corrected chi connectivity index (χ4v) is 4.65. The summed E-state index contributed by atoms with van der Waals surface area (Å²) in [5.74, 6) is 0.640. The number of ether oxygens (including phenoxy) is 1. The number of aromatic hydroxyl groups is 1. The number of aryl methyl sites for hydroxylation is 1. The maximum Gasteiger partial charge on any atom is 0.273 e. The summed E-state index contributed by atoms with van der Waals surface area (Å²) in [6, 6.07) is 20.5. The van der Waals surface area contributed by atoms with E-state index in [4.69, 9.17) is 16.3 Å². The summed E-state index contributed by atoms with van der Waals surface area (Å²) < 4.78 is 5.73. The number of hydrogen-bond donors (Lipinski definition) is 2. The van der Waals surface area contributed by atoms with Crippen LogP contribution < -0.4 is 4.74 Å². The van der Waals surface area contributed by atoms with Crippen LogP contribution in [0.15, 0.2) is 66.7 Å². The average Bonchev–Trinajstić information content (AvgIpc) is 3.37. The Kier molecular flexibility index (Phi) is 5.75. The molecule has 0 fully saturated rings. The predicted molar refractivity (Wildman–Crippen MR) is 131 cm³/mol. The monoisotopic (exact) mass is 473 g/mol. The van der Waals surface area contributed by atoms with E-state index < -0.39 is 6.04 Å². The Balaban J connectivity index is 1.68. The summed E-state index contributed by atoms with van der Waals surface area (Å²) in [5, 5.41) is 18.6. The first-order valence-electron chi connectivity index (χ1n) is 11.1. The fourth-order valence-electron chi connectivity index (χ4n) is 4.49. The molecule has 0 spiro atoms. The summed E-state index contributed by atoms with van der Waals surface area (Å²) >= 11 is 6.38. The molecule has 7 heteroatoms. The lowest BCUT2D eigenvalue weighted by molar-refractivity contribution is 0.0730. The van der Waals surface area contributed by atoms with Gasteiger partial charge in [-0.05, 0) is 54.8 Å². The molecular formula is C27H24ClN3O3. The molecule has 1 aliphatic heterocycles. The van der Waals surface area contributed by atoms with Crippen LogP contribution in [0.3, 0.4) is 0 Å². The van der Waals surface area contributed by atoms with Crippen LogP contribution in [0, 0.1) is 6.92 Å². The molecule has 1 aliphatic rings. The van der Waals surface area contributed by atoms with E-state index in [0.29, 0.717) is 40.7 Å². The summed E-state index contributed by atoms with van der Waals surface area (Å²) in [7, 11) is 0. The van der Waals surface area contributed by atoms with Crippen LogP contribution in [-0.4, -0.2) is 32.7 Å². The zero-order valence-electron chi connectivity index (χ0n) is 18.9. The second kappa shape index (κ2) is 8.88. The van der Waals surface area contributed by atoms with Crippen molar-refractivity contribution in [2.45, 2.75) is 26.4 Å². The third-order valence-electron chi connectivity index (χ3n) is 6.08. The molecule has 2 heterocycles. The van der Waals surface area contributed by atoms with Gasteiger partial charge in [-0.3, -0.25) is 9.89 Å². The molecule has 3 aromatic carbocycles. The molecule has 2 N–H and O–H groups in total. The number of rotatable bonds is 6. The number of phenolic OH excluding ortho intramolecular Hbond substituents is 1. The van der Waals surface area contributed by atoms with Crippen LogP contribution in [0.4, 0.5) is 0 Å². The number of phenols is 1. The minimum atomic E-state index is -0.420. The smallest absolute Gasteiger partial charge is 0.273 e. The van der Waals surface area contributed by atoms with Crippen molar-refractivity contribution in [1.29, 1.82) is 0 Å². The Labute approximate surface area is 202 Å². The minimum Gasteiger partial charge on any atom is -0.507 e. The maximum atomic E-state index is 13.6. The van der Waals surface area contributed by atoms with Crippen LogP contribution in [0.1, 0.15) is 45.7 Å². The topological polar surface area (TPSA) is 78.5 Å². The first-order chi connectivity index (χ1) is 16.5. The molecule has 1 unspecified atom stereocenters. The van der Waals surface area contributed by atoms with Crippen LogP contribution in [0.5, 0.6) is 11.5 Å². The second-order valence-electron chi connectivity index (χ2n) is 8.31. The number of carbonyl (C=O) groups is 1. The molecule has 6 nitrogen and oxygen atoms in total. The van der Waals surface area contributed by atoms with Crippen molar-refractivity contribution in [2.75, 3.05) is 6.61 Å². The third kappa shape index (κ3) is 3.80. The first kappa shape index (κ1) is 22.0. The highest BCUT2D eigenvalue weighted by Gasteiger charge is 2.42. The number of H-pyrrole nitrogens is 1. The zero-order chi connectivity index (χ0) is 23.8. The van der Waals surface area contributed by atoms with Crippen molar-refractivity contribution in [2.24, 2.45) is 0 Å². The normalized spacial score (nSPS) is 15.0. The van der Waals surface area contributed by atoms with Crippen LogP contribution in [0.2, 0.25) is 5.02 Å². The molecule has 5 rings (SSSR count). The van der Waals surface area contributed by atoms with Gasteiger partial charge in [0, 0.05) is 22.7 Å². The lowest BCUT2D eigenvalue weighted by Gasteiger charge is -2.27. The molecule has 0 aliphatic carbocycles. The van der Waals surface area contributed by atoms with Crippen LogP contribution in [-0.2, 0) is 6.54 Å². The summed E-state index contributed by atoms with van der Waals surface area (Å²) in [5.41, 5.74) is 4.78. The van der Waals surface area contributed by atoms with E-state index in [1.807, 2.05) is 73.3 Å². The molecule has 172 valence electrons. The number of aromatic amines is 1. The van der Waals surface area contributed by atoms with Gasteiger partial charge in [0.25, 0.3) is 5.91 Å². The van der Waals surface area contributed by atoms with Crippen molar-refractivity contribution in [3.63, 3.8) is 0 Å². The van der Waals surface area contributed by atoms with Gasteiger partial charge in [-0.15, -0.1) is 0 Å². The molecule has 4 aromatic rings. The molecule has 1 atom stereocenters. The van der Waals surface area contributed by atoms with Crippen molar-refractivity contribution in [3.8, 4) is 22.8 Å². The van der Waals surface area contributed by atoms with Gasteiger partial charge in [0.15, 0.2) is 0 Å². The van der Waals surface area contributed by atoms with Crippen molar-refractivity contribution >= 4 is 17.5 Å². The van der Waals surface area contributed by atoms with E-state index in [9.17, 15) is 9.90 Å². The van der Waals surface area contributed by atoms with Gasteiger partial charge in [0.2, 0.25) is 0 Å². The zero-order valence-corrected chi connectivity index (χ0v) is 19.6. The molecule has 0 saturated carbocycles. The minimum absolute atomic E-state index is 0.0620. The van der Waals surface area contributed by atoms with Crippen LogP contribution >= 0.6 is 11.6 Å². The quantitative estimate of drug-likeness (QED) is 0.366. The Morgan fingerprint density at radius 2 is 1.91 bits per heavy atom. The second-order valence-corrected chi connectivity index (χ2v) is 8.71. The number of carbonyl (C=O) groups excluding carboxylic acids is 1. The van der Waals surface area contributed by atoms with E-state index >= 15 is 0 Å². The van der Waals surface area contributed by atoms with E-state index in [2.05, 4.69) is 10.2 Å². The fraction of sp³-hybridized carbons (Fsp3) is 0.185. The Morgan fingerprint density at radius 1 is 1.12 bits per heavy atom. The van der Waals surface area contributed by atoms with Gasteiger partial charge in [0.1, 0.15) is 22.9 Å². The van der Waals surface area contributed by atoms with Crippen molar-refractivity contribution in [3.05, 3.63) is 99.7 Å². The predicted octanol–water partition coefficient (Wildman–Crippen LogP) is 5.89. The number of nitrogens with one attached hydrogen (secondary N) is 1. The summed E-state index contributed by atoms with van der Waals surface area (Å²) in [4.78, 5) is 15.4. The van der Waals surface area contributed by atoms with E-state index in [1.54, 1.807) is 12.1 Å². The molecule has 1 aromatic heterocycles. The van der Waals surface area contributed by atoms with Crippen molar-refractivity contribution < 1.29 is 14.6 Å². The van der Waals surface area contributed by atoms with Gasteiger partial charge in [-0.1, -0.05) is 54.1 Å². The highest BCUT2D eigenvalue weighted by atomic mass is 35.5. The summed E-state index contributed by atoms with van der Waals surface area (Å²) in [6.07, 6.45) is 0. The SMILES string of the molecule is CCOc1cccc(C2c3c(-c4cc(Cl)c(C)cc4O)n[nH]c3C(=O)N2Cc2ccccc2)c1. The number of fused-ring (bicyclic) bond motifs is 1. The molecule has 34 heavy (non-hydrogen) atoms. The first-order valence-corrected chi connectivity index (χ1v) is 11.5. The van der Waals surface area contributed by atoms with Gasteiger partial charge in [-0.25, -0.2) is 0 Å². The lowest BCUT2D eigenvalue weighted by atomic mass is 9.95. The van der Waals surface area contributed by atoms with E-state index in [1.165, 1.54) is 0 Å². The Bertz CT molecular complexity index is 1370. The van der Waals surface area contributed by atoms with E-state index in [-0.39, 0.29) is 11.7 Å². The standard InChI is InChI=1S/C27H24ClN3O3/c1-3-34-19-11-7-10-18(13-19)26-23-24(20-14-21(28)16(2)12-22(20)32)29-30-25(23)27(33)31(26)15-17-8-5-4-6-9-17/h4-14,26,32H,3,15H2,1-2H3,(H,29,30). The number of hydrogen-bond acceptors (Lipinski definition) is 4. The Morgan fingerprint density at radius 3 is 2.68 bits per heavy atom. The molecule has 0 radical (unpaired) electrons. The third-order valence-corrected chi connectivity index (χ3v) is 6.48. The largest absolute Gasteiger partial charge is 0.507 e. The van der Waals surface area contributed by atoms with Crippen molar-refractivity contribution in [1.82, 2.24) is 15.1 Å². The molecule has 1 amide bonds. The average molecular weight is 474 g/mol. The number of benzene rings is 3. The summed E-state index contributed by atoms with van der Waals surface area (Å²) in [6.45, 7) is 4.72. The van der Waals surface area contributed by atoms with Gasteiger partial charge in [0.05, 0.1) is 12.6 Å². The maximum absolute atomic E-state index is 13.6. The highest BCUT2D eigenvalue weighted by molar-refractivity contribution is 6.31. The van der Waals surface area contributed by atoms with E-state index in [0.717, 1.165) is 22.4 Å². The van der Waals surface area contributed by atoms with Gasteiger partial charge in [-0.2, -0.15) is 5.10 Å². The number of aromatic nitrogens is 2. The molecule has 0 bridgehead atoms. The van der Waals surface area contributed by atoms with Gasteiger partial charge >= 0.3 is 0 Å². The number of amides is 1. The molecule has 0 saturated heterocycles. The lowest BCUT2D eigenvalue weighted by Crippen LogP contribution is -2.29. The Hall–Kier alpha value is -3.77. The highest BCUT2D eigenvalue weighted by Crippen LogP contribution is 2.46.